The van der Waals surface area contributed by atoms with Crippen LogP contribution in [0.5, 0.6) is 0 Å². The minimum absolute atomic E-state index is 0.0978. The molecule has 0 fully saturated rings. The van der Waals surface area contributed by atoms with Crippen molar-refractivity contribution in [2.24, 2.45) is 21.5 Å². The molecule has 0 saturated heterocycles. The maximum atomic E-state index is 13.1. The summed E-state index contributed by atoms with van der Waals surface area (Å²) in [6.07, 6.45) is 3.32. The Morgan fingerprint density at radius 1 is 1.06 bits per heavy atom. The first-order valence-corrected chi connectivity index (χ1v) is 11.6. The Kier molecular flexibility index (Phi) is 6.56. The van der Waals surface area contributed by atoms with E-state index in [0.717, 1.165) is 36.1 Å². The minimum Gasteiger partial charge on any atom is -0.369 e. The van der Waals surface area contributed by atoms with Crippen LogP contribution in [0.1, 0.15) is 37.8 Å². The van der Waals surface area contributed by atoms with Crippen LogP contribution in [0.25, 0.3) is 0 Å². The quantitative estimate of drug-likeness (QED) is 0.477. The van der Waals surface area contributed by atoms with E-state index in [-0.39, 0.29) is 11.0 Å². The van der Waals surface area contributed by atoms with E-state index in [4.69, 9.17) is 23.1 Å². The van der Waals surface area contributed by atoms with Gasteiger partial charge in [0, 0.05) is 5.69 Å². The fourth-order valence-corrected chi connectivity index (χ4v) is 4.66. The SMILES string of the molecule is CC1(C)N=C(N)N=C(N)N1c1cccc(CCCCc2ccc(S(=O)(=O)F)c(Cl)c2)c1. The highest BCUT2D eigenvalue weighted by Gasteiger charge is 2.32. The zero-order valence-corrected chi connectivity index (χ0v) is 18.9. The summed E-state index contributed by atoms with van der Waals surface area (Å²) in [4.78, 5) is 9.80. The Morgan fingerprint density at radius 3 is 2.29 bits per heavy atom. The Morgan fingerprint density at radius 2 is 1.71 bits per heavy atom. The Labute approximate surface area is 186 Å². The van der Waals surface area contributed by atoms with Crippen molar-refractivity contribution in [3.8, 4) is 0 Å². The van der Waals surface area contributed by atoms with Crippen LogP contribution in [0.3, 0.4) is 0 Å². The summed E-state index contributed by atoms with van der Waals surface area (Å²) in [7, 11) is -4.81. The second-order valence-corrected chi connectivity index (χ2v) is 9.57. The molecule has 0 saturated carbocycles. The molecule has 1 aliphatic heterocycles. The van der Waals surface area contributed by atoms with Gasteiger partial charge >= 0.3 is 10.2 Å². The van der Waals surface area contributed by atoms with E-state index < -0.39 is 20.8 Å². The van der Waals surface area contributed by atoms with Crippen molar-refractivity contribution in [3.05, 3.63) is 58.6 Å². The molecule has 7 nitrogen and oxygen atoms in total. The molecular formula is C21H25ClFN5O2S. The fraction of sp³-hybridized carbons (Fsp3) is 0.333. The van der Waals surface area contributed by atoms with Gasteiger partial charge in [-0.15, -0.1) is 3.89 Å². The van der Waals surface area contributed by atoms with Gasteiger partial charge in [0.25, 0.3) is 0 Å². The largest absolute Gasteiger partial charge is 0.369 e. The number of rotatable bonds is 7. The first-order valence-electron chi connectivity index (χ1n) is 9.79. The van der Waals surface area contributed by atoms with Gasteiger partial charge in [0.2, 0.25) is 11.9 Å². The van der Waals surface area contributed by atoms with Crippen molar-refractivity contribution in [3.63, 3.8) is 0 Å². The standard InChI is InChI=1S/C21H25ClFN5O2S/c1-21(2)27-19(24)26-20(25)28(21)16-9-5-8-14(12-16)6-3-4-7-15-10-11-18(17(22)13-15)31(23,29)30/h5,8-13H,3-4,6-7H2,1-2H3,(H4,24,25,26,27). The lowest BCUT2D eigenvalue weighted by Gasteiger charge is -2.38. The number of nitrogens with two attached hydrogens (primary N) is 2. The fourth-order valence-electron chi connectivity index (χ4n) is 3.66. The molecule has 0 spiro atoms. The normalized spacial score (nSPS) is 16.1. The summed E-state index contributed by atoms with van der Waals surface area (Å²) in [5, 5.41) is -0.0978. The van der Waals surface area contributed by atoms with E-state index in [1.165, 1.54) is 12.1 Å². The molecule has 0 atom stereocenters. The van der Waals surface area contributed by atoms with Crippen molar-refractivity contribution in [1.29, 1.82) is 0 Å². The van der Waals surface area contributed by atoms with E-state index in [2.05, 4.69) is 16.1 Å². The van der Waals surface area contributed by atoms with E-state index in [1.54, 1.807) is 6.07 Å². The lowest BCUT2D eigenvalue weighted by atomic mass is 10.0. The van der Waals surface area contributed by atoms with Crippen LogP contribution in [0.15, 0.2) is 57.3 Å². The molecule has 166 valence electrons. The molecule has 0 amide bonds. The van der Waals surface area contributed by atoms with Crippen molar-refractivity contribution in [1.82, 2.24) is 0 Å². The van der Waals surface area contributed by atoms with Crippen LogP contribution in [0, 0.1) is 0 Å². The number of unbranched alkanes of at least 4 members (excludes halogenated alkanes) is 1. The van der Waals surface area contributed by atoms with Gasteiger partial charge in [-0.3, -0.25) is 4.90 Å². The summed E-state index contributed by atoms with van der Waals surface area (Å²) < 4.78 is 35.2. The van der Waals surface area contributed by atoms with Crippen LogP contribution >= 0.6 is 11.6 Å². The lowest BCUT2D eigenvalue weighted by molar-refractivity contribution is 0.533. The second-order valence-electron chi connectivity index (χ2n) is 7.85. The summed E-state index contributed by atoms with van der Waals surface area (Å²) in [6, 6.07) is 12.3. The monoisotopic (exact) mass is 465 g/mol. The second kappa shape index (κ2) is 8.84. The summed E-state index contributed by atoms with van der Waals surface area (Å²) in [5.41, 5.74) is 14.1. The molecule has 0 unspecified atom stereocenters. The maximum Gasteiger partial charge on any atom is 0.333 e. The molecular weight excluding hydrogens is 441 g/mol. The first kappa shape index (κ1) is 23.0. The van der Waals surface area contributed by atoms with Crippen LogP contribution in [-0.4, -0.2) is 26.0 Å². The highest BCUT2D eigenvalue weighted by molar-refractivity contribution is 7.86. The molecule has 0 bridgehead atoms. The molecule has 1 heterocycles. The smallest absolute Gasteiger partial charge is 0.333 e. The molecule has 31 heavy (non-hydrogen) atoms. The summed E-state index contributed by atoms with van der Waals surface area (Å²) in [6.45, 7) is 3.83. The average molecular weight is 466 g/mol. The number of benzene rings is 2. The van der Waals surface area contributed by atoms with Crippen molar-refractivity contribution in [2.75, 3.05) is 4.90 Å². The van der Waals surface area contributed by atoms with E-state index in [9.17, 15) is 12.3 Å². The van der Waals surface area contributed by atoms with Gasteiger partial charge in [-0.05, 0) is 74.9 Å². The van der Waals surface area contributed by atoms with Gasteiger partial charge in [-0.25, -0.2) is 4.99 Å². The van der Waals surface area contributed by atoms with Crippen LogP contribution in [0.4, 0.5) is 9.57 Å². The van der Waals surface area contributed by atoms with Gasteiger partial charge in [-0.2, -0.15) is 13.4 Å². The molecule has 10 heteroatoms. The van der Waals surface area contributed by atoms with E-state index in [1.807, 2.05) is 36.9 Å². The molecule has 4 N–H and O–H groups in total. The van der Waals surface area contributed by atoms with Gasteiger partial charge in [0.05, 0.1) is 5.02 Å². The Hall–Kier alpha value is -2.65. The zero-order chi connectivity index (χ0) is 22.8. The minimum atomic E-state index is -4.81. The molecule has 0 aromatic heterocycles. The van der Waals surface area contributed by atoms with Gasteiger partial charge < -0.3 is 11.5 Å². The Balaban J connectivity index is 1.62. The number of anilines is 1. The number of nitrogens with zero attached hydrogens (tertiary/aromatic N) is 3. The molecule has 0 aliphatic carbocycles. The molecule has 2 aromatic rings. The molecule has 2 aromatic carbocycles. The number of hydrogen-bond acceptors (Lipinski definition) is 7. The third-order valence-electron chi connectivity index (χ3n) is 5.00. The van der Waals surface area contributed by atoms with Crippen molar-refractivity contribution in [2.45, 2.75) is 50.1 Å². The van der Waals surface area contributed by atoms with Gasteiger partial charge in [0.15, 0.2) is 0 Å². The molecule has 3 rings (SSSR count). The summed E-state index contributed by atoms with van der Waals surface area (Å²) >= 11 is 5.90. The third-order valence-corrected chi connectivity index (χ3v) is 6.31. The van der Waals surface area contributed by atoms with Crippen LogP contribution < -0.4 is 16.4 Å². The van der Waals surface area contributed by atoms with Gasteiger partial charge in [0.1, 0.15) is 10.6 Å². The summed E-state index contributed by atoms with van der Waals surface area (Å²) in [5.74, 6) is 0.456. The molecule has 1 aliphatic rings. The van der Waals surface area contributed by atoms with E-state index in [0.29, 0.717) is 12.4 Å². The lowest BCUT2D eigenvalue weighted by Crippen LogP contribution is -2.54. The number of aliphatic imine (C=N–C) groups is 2. The average Bonchev–Trinajstić information content (AvgIpc) is 2.63. The van der Waals surface area contributed by atoms with Crippen molar-refractivity contribution < 1.29 is 12.3 Å². The van der Waals surface area contributed by atoms with Crippen LogP contribution in [0.2, 0.25) is 5.02 Å². The molecule has 0 radical (unpaired) electrons. The predicted molar refractivity (Wildman–Crippen MR) is 123 cm³/mol. The van der Waals surface area contributed by atoms with Gasteiger partial charge in [-0.1, -0.05) is 29.8 Å². The number of guanidine groups is 2. The highest BCUT2D eigenvalue weighted by atomic mass is 35.5. The van der Waals surface area contributed by atoms with Crippen molar-refractivity contribution >= 4 is 39.4 Å². The third kappa shape index (κ3) is 5.54. The zero-order valence-electron chi connectivity index (χ0n) is 17.3. The predicted octanol–water partition coefficient (Wildman–Crippen LogP) is 3.75. The van der Waals surface area contributed by atoms with Crippen LogP contribution in [-0.2, 0) is 23.1 Å². The number of halogens is 2. The van der Waals surface area contributed by atoms with E-state index >= 15 is 0 Å². The first-order chi connectivity index (χ1) is 14.5. The highest BCUT2D eigenvalue weighted by Crippen LogP contribution is 2.29. The number of aryl methyl sites for hydroxylation is 2. The number of hydrogen-bond donors (Lipinski definition) is 2. The maximum absolute atomic E-state index is 13.1. The Bertz CT molecular complexity index is 1150. The topological polar surface area (TPSA) is 114 Å².